The van der Waals surface area contributed by atoms with Crippen molar-refractivity contribution in [3.63, 3.8) is 0 Å². The predicted molar refractivity (Wildman–Crippen MR) is 111 cm³/mol. The number of likely N-dealkylation sites (N-methyl/N-ethyl adjacent to an activating group) is 1. The molecule has 0 saturated heterocycles. The first-order chi connectivity index (χ1) is 13.3. The third kappa shape index (κ3) is 5.84. The molecule has 28 heavy (non-hydrogen) atoms. The summed E-state index contributed by atoms with van der Waals surface area (Å²) < 4.78 is 5.71. The van der Waals surface area contributed by atoms with Gasteiger partial charge in [-0.3, -0.25) is 9.59 Å². The molecule has 0 unspecified atom stereocenters. The highest BCUT2D eigenvalue weighted by molar-refractivity contribution is 5.87. The molecule has 5 nitrogen and oxygen atoms in total. The largest absolute Gasteiger partial charge is 0.484 e. The molecular weight excluding hydrogens is 352 g/mol. The Morgan fingerprint density at radius 3 is 2.32 bits per heavy atom. The first kappa shape index (κ1) is 21.5. The lowest BCUT2D eigenvalue weighted by Crippen LogP contribution is -2.49. The van der Waals surface area contributed by atoms with Gasteiger partial charge in [0, 0.05) is 13.1 Å². The van der Waals surface area contributed by atoms with Gasteiger partial charge >= 0.3 is 0 Å². The monoisotopic (exact) mass is 382 g/mol. The molecule has 0 spiro atoms. The molecule has 0 bridgehead atoms. The van der Waals surface area contributed by atoms with Crippen LogP contribution in [0, 0.1) is 20.8 Å². The summed E-state index contributed by atoms with van der Waals surface area (Å²) in [5.41, 5.74) is 4.40. The number of aryl methyl sites for hydroxylation is 3. The molecular formula is C23H30N2O3. The van der Waals surface area contributed by atoms with Crippen LogP contribution in [0.4, 0.5) is 0 Å². The van der Waals surface area contributed by atoms with E-state index in [0.29, 0.717) is 18.8 Å². The van der Waals surface area contributed by atoms with Crippen LogP contribution < -0.4 is 10.1 Å². The Kier molecular flexibility index (Phi) is 7.61. The zero-order valence-corrected chi connectivity index (χ0v) is 17.4. The standard InChI is InChI=1S/C23H30N2O3/c1-6-24-23(27)19(5)25(14-20-10-7-16(2)8-11-20)22(26)15-28-21-12-9-17(3)18(4)13-21/h7-13,19H,6,14-15H2,1-5H3,(H,24,27)/t19-/m0/s1. The van der Waals surface area contributed by atoms with E-state index in [1.807, 2.05) is 70.2 Å². The van der Waals surface area contributed by atoms with Gasteiger partial charge in [0.05, 0.1) is 0 Å². The fourth-order valence-corrected chi connectivity index (χ4v) is 2.83. The van der Waals surface area contributed by atoms with E-state index in [1.165, 1.54) is 5.56 Å². The number of rotatable bonds is 8. The lowest BCUT2D eigenvalue weighted by atomic mass is 10.1. The SMILES string of the molecule is CCNC(=O)[C@H](C)N(Cc1ccc(C)cc1)C(=O)COc1ccc(C)c(C)c1. The van der Waals surface area contributed by atoms with Crippen LogP contribution in [0.3, 0.4) is 0 Å². The first-order valence-electron chi connectivity index (χ1n) is 9.64. The summed E-state index contributed by atoms with van der Waals surface area (Å²) >= 11 is 0. The van der Waals surface area contributed by atoms with Crippen molar-refractivity contribution in [2.75, 3.05) is 13.2 Å². The summed E-state index contributed by atoms with van der Waals surface area (Å²) in [6, 6.07) is 13.1. The highest BCUT2D eigenvalue weighted by Gasteiger charge is 2.26. The minimum absolute atomic E-state index is 0.113. The Morgan fingerprint density at radius 2 is 1.71 bits per heavy atom. The zero-order valence-electron chi connectivity index (χ0n) is 17.4. The molecule has 2 rings (SSSR count). The van der Waals surface area contributed by atoms with Crippen LogP contribution in [0.5, 0.6) is 5.75 Å². The summed E-state index contributed by atoms with van der Waals surface area (Å²) in [4.78, 5) is 26.8. The van der Waals surface area contributed by atoms with Gasteiger partial charge in [0.1, 0.15) is 11.8 Å². The van der Waals surface area contributed by atoms with Crippen molar-refractivity contribution < 1.29 is 14.3 Å². The second kappa shape index (κ2) is 9.93. The fourth-order valence-electron chi connectivity index (χ4n) is 2.83. The molecule has 150 valence electrons. The van der Waals surface area contributed by atoms with Crippen LogP contribution in [0.15, 0.2) is 42.5 Å². The minimum Gasteiger partial charge on any atom is -0.484 e. The predicted octanol–water partition coefficient (Wildman–Crippen LogP) is 3.54. The van der Waals surface area contributed by atoms with E-state index in [2.05, 4.69) is 5.32 Å². The molecule has 0 aliphatic rings. The highest BCUT2D eigenvalue weighted by Crippen LogP contribution is 2.17. The number of hydrogen-bond donors (Lipinski definition) is 1. The molecule has 0 radical (unpaired) electrons. The molecule has 0 aromatic heterocycles. The number of nitrogens with one attached hydrogen (secondary N) is 1. The van der Waals surface area contributed by atoms with Crippen molar-refractivity contribution in [1.29, 1.82) is 0 Å². The van der Waals surface area contributed by atoms with Gasteiger partial charge in [-0.2, -0.15) is 0 Å². The molecule has 0 heterocycles. The molecule has 2 aromatic rings. The Hall–Kier alpha value is -2.82. The number of carbonyl (C=O) groups excluding carboxylic acids is 2. The normalized spacial score (nSPS) is 11.6. The number of amides is 2. The van der Waals surface area contributed by atoms with Gasteiger partial charge in [-0.05, 0) is 63.4 Å². The summed E-state index contributed by atoms with van der Waals surface area (Å²) in [5, 5.41) is 2.79. The molecule has 1 atom stereocenters. The quantitative estimate of drug-likeness (QED) is 0.760. The molecule has 1 N–H and O–H groups in total. The smallest absolute Gasteiger partial charge is 0.261 e. The maximum absolute atomic E-state index is 12.9. The number of ether oxygens (including phenoxy) is 1. The van der Waals surface area contributed by atoms with Crippen LogP contribution >= 0.6 is 0 Å². The van der Waals surface area contributed by atoms with Gasteiger partial charge in [-0.15, -0.1) is 0 Å². The van der Waals surface area contributed by atoms with Gasteiger partial charge in [0.15, 0.2) is 6.61 Å². The third-order valence-electron chi connectivity index (χ3n) is 4.83. The minimum atomic E-state index is -0.586. The molecule has 0 saturated carbocycles. The Labute approximate surface area is 167 Å². The Bertz CT molecular complexity index is 815. The van der Waals surface area contributed by atoms with Crippen LogP contribution in [0.1, 0.15) is 36.1 Å². The van der Waals surface area contributed by atoms with Gasteiger partial charge in [-0.1, -0.05) is 35.9 Å². The maximum Gasteiger partial charge on any atom is 0.261 e. The third-order valence-corrected chi connectivity index (χ3v) is 4.83. The van der Waals surface area contributed by atoms with Crippen molar-refractivity contribution >= 4 is 11.8 Å². The molecule has 2 amide bonds. The second-order valence-electron chi connectivity index (χ2n) is 7.11. The van der Waals surface area contributed by atoms with E-state index < -0.39 is 6.04 Å². The molecule has 2 aromatic carbocycles. The average molecular weight is 383 g/mol. The van der Waals surface area contributed by atoms with E-state index in [9.17, 15) is 9.59 Å². The van der Waals surface area contributed by atoms with Crippen LogP contribution in [0.2, 0.25) is 0 Å². The maximum atomic E-state index is 12.9. The van der Waals surface area contributed by atoms with E-state index in [-0.39, 0.29) is 18.4 Å². The Morgan fingerprint density at radius 1 is 1.04 bits per heavy atom. The number of benzene rings is 2. The summed E-state index contributed by atoms with van der Waals surface area (Å²) in [5.74, 6) is 0.254. The topological polar surface area (TPSA) is 58.6 Å². The first-order valence-corrected chi connectivity index (χ1v) is 9.64. The molecule has 0 aliphatic carbocycles. The average Bonchev–Trinajstić information content (AvgIpc) is 2.68. The fraction of sp³-hybridized carbons (Fsp3) is 0.391. The number of nitrogens with zero attached hydrogens (tertiary/aromatic N) is 1. The van der Waals surface area contributed by atoms with Crippen molar-refractivity contribution in [3.8, 4) is 5.75 Å². The van der Waals surface area contributed by atoms with E-state index in [4.69, 9.17) is 4.74 Å². The van der Waals surface area contributed by atoms with E-state index >= 15 is 0 Å². The molecule has 0 fully saturated rings. The lowest BCUT2D eigenvalue weighted by molar-refractivity contribution is -0.142. The lowest BCUT2D eigenvalue weighted by Gasteiger charge is -2.28. The van der Waals surface area contributed by atoms with Crippen LogP contribution in [0.25, 0.3) is 0 Å². The summed E-state index contributed by atoms with van der Waals surface area (Å²) in [7, 11) is 0. The van der Waals surface area contributed by atoms with Gasteiger partial charge in [-0.25, -0.2) is 0 Å². The van der Waals surface area contributed by atoms with E-state index in [1.54, 1.807) is 11.8 Å². The van der Waals surface area contributed by atoms with Crippen molar-refractivity contribution in [3.05, 3.63) is 64.7 Å². The molecule has 5 heteroatoms. The van der Waals surface area contributed by atoms with Crippen LogP contribution in [-0.4, -0.2) is 35.9 Å². The van der Waals surface area contributed by atoms with Crippen molar-refractivity contribution in [2.24, 2.45) is 0 Å². The van der Waals surface area contributed by atoms with Gasteiger partial charge in [0.2, 0.25) is 5.91 Å². The van der Waals surface area contributed by atoms with Gasteiger partial charge in [0.25, 0.3) is 5.91 Å². The summed E-state index contributed by atoms with van der Waals surface area (Å²) in [6.45, 7) is 10.4. The number of carbonyl (C=O) groups is 2. The van der Waals surface area contributed by atoms with E-state index in [0.717, 1.165) is 16.7 Å². The Balaban J connectivity index is 2.13. The molecule has 0 aliphatic heterocycles. The van der Waals surface area contributed by atoms with Crippen LogP contribution in [-0.2, 0) is 16.1 Å². The summed E-state index contributed by atoms with van der Waals surface area (Å²) in [6.07, 6.45) is 0. The number of hydrogen-bond acceptors (Lipinski definition) is 3. The van der Waals surface area contributed by atoms with Crippen molar-refractivity contribution in [1.82, 2.24) is 10.2 Å². The van der Waals surface area contributed by atoms with Gasteiger partial charge < -0.3 is 15.0 Å². The zero-order chi connectivity index (χ0) is 20.7. The van der Waals surface area contributed by atoms with Crippen molar-refractivity contribution in [2.45, 2.75) is 47.2 Å². The second-order valence-corrected chi connectivity index (χ2v) is 7.11. The highest BCUT2D eigenvalue weighted by atomic mass is 16.5.